The zero-order valence-electron chi connectivity index (χ0n) is 10.2. The molecular formula is C14H14N4. The van der Waals surface area contributed by atoms with E-state index in [0.717, 1.165) is 22.6 Å². The van der Waals surface area contributed by atoms with Crippen molar-refractivity contribution in [3.05, 3.63) is 53.7 Å². The maximum atomic E-state index is 5.59. The highest BCUT2D eigenvalue weighted by Crippen LogP contribution is 2.19. The molecular weight excluding hydrogens is 224 g/mol. The molecule has 0 aliphatic heterocycles. The van der Waals surface area contributed by atoms with Gasteiger partial charge in [-0.3, -0.25) is 4.40 Å². The van der Waals surface area contributed by atoms with Gasteiger partial charge in [0.1, 0.15) is 0 Å². The Kier molecular flexibility index (Phi) is 2.57. The van der Waals surface area contributed by atoms with Crippen molar-refractivity contribution in [1.82, 2.24) is 14.6 Å². The number of hydrogen-bond donors (Lipinski definition) is 1. The fourth-order valence-corrected chi connectivity index (χ4v) is 1.98. The summed E-state index contributed by atoms with van der Waals surface area (Å²) in [5.74, 6) is 0.855. The monoisotopic (exact) mass is 238 g/mol. The van der Waals surface area contributed by atoms with Crippen LogP contribution < -0.4 is 5.73 Å². The Morgan fingerprint density at radius 3 is 2.61 bits per heavy atom. The van der Waals surface area contributed by atoms with Gasteiger partial charge in [-0.1, -0.05) is 24.3 Å². The van der Waals surface area contributed by atoms with E-state index in [1.165, 1.54) is 5.56 Å². The summed E-state index contributed by atoms with van der Waals surface area (Å²) in [5, 5.41) is 8.43. The molecule has 0 unspecified atom stereocenters. The Bertz CT molecular complexity index is 683. The summed E-state index contributed by atoms with van der Waals surface area (Å²) in [4.78, 5) is 0. The second kappa shape index (κ2) is 4.23. The van der Waals surface area contributed by atoms with E-state index in [-0.39, 0.29) is 0 Å². The van der Waals surface area contributed by atoms with E-state index < -0.39 is 0 Å². The maximum absolute atomic E-state index is 5.59. The molecule has 0 bridgehead atoms. The number of aromatic nitrogens is 3. The van der Waals surface area contributed by atoms with Crippen molar-refractivity contribution in [3.8, 4) is 11.4 Å². The highest BCUT2D eigenvalue weighted by atomic mass is 15.2. The van der Waals surface area contributed by atoms with Crippen LogP contribution in [0.2, 0.25) is 0 Å². The lowest BCUT2D eigenvalue weighted by Crippen LogP contribution is -1.96. The zero-order chi connectivity index (χ0) is 12.5. The molecule has 0 radical (unpaired) electrons. The summed E-state index contributed by atoms with van der Waals surface area (Å²) < 4.78 is 1.99. The molecule has 2 N–H and O–H groups in total. The van der Waals surface area contributed by atoms with Gasteiger partial charge in [0.05, 0.1) is 0 Å². The number of fused-ring (bicyclic) bond motifs is 1. The fraction of sp³-hybridized carbons (Fsp3) is 0.143. The van der Waals surface area contributed by atoms with Crippen molar-refractivity contribution < 1.29 is 0 Å². The summed E-state index contributed by atoms with van der Waals surface area (Å²) in [6.45, 7) is 2.60. The average Bonchev–Trinajstić information content (AvgIpc) is 2.81. The summed E-state index contributed by atoms with van der Waals surface area (Å²) in [5.41, 5.74) is 9.80. The Labute approximate surface area is 105 Å². The molecule has 90 valence electrons. The lowest BCUT2D eigenvalue weighted by Gasteiger charge is -2.02. The number of hydrogen-bond acceptors (Lipinski definition) is 3. The molecule has 3 rings (SSSR count). The van der Waals surface area contributed by atoms with Crippen molar-refractivity contribution in [2.75, 3.05) is 0 Å². The molecule has 0 spiro atoms. The largest absolute Gasteiger partial charge is 0.326 e. The molecule has 2 heterocycles. The third kappa shape index (κ3) is 1.76. The Morgan fingerprint density at radius 2 is 1.89 bits per heavy atom. The van der Waals surface area contributed by atoms with Crippen LogP contribution in [0.4, 0.5) is 0 Å². The van der Waals surface area contributed by atoms with Crippen molar-refractivity contribution in [3.63, 3.8) is 0 Å². The first-order valence-corrected chi connectivity index (χ1v) is 5.89. The van der Waals surface area contributed by atoms with Crippen molar-refractivity contribution in [2.45, 2.75) is 13.5 Å². The minimum absolute atomic E-state index is 0.556. The topological polar surface area (TPSA) is 56.2 Å². The zero-order valence-corrected chi connectivity index (χ0v) is 10.2. The first-order chi connectivity index (χ1) is 8.78. The Balaban J connectivity index is 2.13. The summed E-state index contributed by atoms with van der Waals surface area (Å²) in [6.07, 6.45) is 2.00. The smallest absolute Gasteiger partial charge is 0.168 e. The van der Waals surface area contributed by atoms with Crippen LogP contribution in [0.1, 0.15) is 11.1 Å². The Hall–Kier alpha value is -2.20. The molecule has 0 aliphatic carbocycles. The van der Waals surface area contributed by atoms with Gasteiger partial charge in [0.15, 0.2) is 11.5 Å². The minimum Gasteiger partial charge on any atom is -0.326 e. The van der Waals surface area contributed by atoms with Crippen molar-refractivity contribution in [1.29, 1.82) is 0 Å². The second-order valence-electron chi connectivity index (χ2n) is 4.36. The number of rotatable bonds is 2. The molecule has 0 atom stereocenters. The van der Waals surface area contributed by atoms with Crippen LogP contribution in [0.15, 0.2) is 42.6 Å². The van der Waals surface area contributed by atoms with Crippen molar-refractivity contribution >= 4 is 5.65 Å². The molecule has 0 saturated carbocycles. The van der Waals surface area contributed by atoms with Gasteiger partial charge in [0.25, 0.3) is 0 Å². The predicted octanol–water partition coefficient (Wildman–Crippen LogP) is 2.16. The highest BCUT2D eigenvalue weighted by molar-refractivity contribution is 5.60. The molecule has 0 aliphatic rings. The standard InChI is InChI=1S/C14H14N4/c1-10-6-7-18-13(8-10)16-17-14(18)12-4-2-11(9-15)3-5-12/h2-8H,9,15H2,1H3. The molecule has 4 heteroatoms. The summed E-state index contributed by atoms with van der Waals surface area (Å²) in [7, 11) is 0. The average molecular weight is 238 g/mol. The van der Waals surface area contributed by atoms with Gasteiger partial charge in [0, 0.05) is 18.3 Å². The molecule has 2 aromatic heterocycles. The van der Waals surface area contributed by atoms with Crippen LogP contribution in [-0.4, -0.2) is 14.6 Å². The van der Waals surface area contributed by atoms with E-state index in [4.69, 9.17) is 5.73 Å². The Morgan fingerprint density at radius 1 is 1.11 bits per heavy atom. The lowest BCUT2D eigenvalue weighted by molar-refractivity contribution is 1.07. The molecule has 1 aromatic carbocycles. The normalized spacial score (nSPS) is 11.0. The number of pyridine rings is 1. The third-order valence-electron chi connectivity index (χ3n) is 3.01. The van der Waals surface area contributed by atoms with E-state index in [2.05, 4.69) is 10.2 Å². The molecule has 18 heavy (non-hydrogen) atoms. The predicted molar refractivity (Wildman–Crippen MR) is 71.1 cm³/mol. The SMILES string of the molecule is Cc1ccn2c(-c3ccc(CN)cc3)nnc2c1. The van der Waals surface area contributed by atoms with E-state index in [9.17, 15) is 0 Å². The molecule has 3 aromatic rings. The first kappa shape index (κ1) is 10.9. The summed E-state index contributed by atoms with van der Waals surface area (Å²) >= 11 is 0. The second-order valence-corrected chi connectivity index (χ2v) is 4.36. The number of benzene rings is 1. The van der Waals surface area contributed by atoms with Crippen LogP contribution in [0.5, 0.6) is 0 Å². The van der Waals surface area contributed by atoms with Crippen LogP contribution in [0.3, 0.4) is 0 Å². The number of nitrogens with two attached hydrogens (primary N) is 1. The van der Waals surface area contributed by atoms with Crippen LogP contribution >= 0.6 is 0 Å². The van der Waals surface area contributed by atoms with Gasteiger partial charge in [-0.2, -0.15) is 0 Å². The van der Waals surface area contributed by atoms with Crippen LogP contribution in [0.25, 0.3) is 17.0 Å². The number of nitrogens with zero attached hydrogens (tertiary/aromatic N) is 3. The lowest BCUT2D eigenvalue weighted by atomic mass is 10.1. The van der Waals surface area contributed by atoms with Crippen LogP contribution in [-0.2, 0) is 6.54 Å². The summed E-state index contributed by atoms with van der Waals surface area (Å²) in [6, 6.07) is 12.2. The van der Waals surface area contributed by atoms with Gasteiger partial charge in [-0.25, -0.2) is 0 Å². The fourth-order valence-electron chi connectivity index (χ4n) is 1.98. The van der Waals surface area contributed by atoms with Gasteiger partial charge >= 0.3 is 0 Å². The van der Waals surface area contributed by atoms with Gasteiger partial charge in [-0.15, -0.1) is 10.2 Å². The van der Waals surface area contributed by atoms with Gasteiger partial charge in [0.2, 0.25) is 0 Å². The maximum Gasteiger partial charge on any atom is 0.168 e. The first-order valence-electron chi connectivity index (χ1n) is 5.89. The minimum atomic E-state index is 0.556. The van der Waals surface area contributed by atoms with Crippen LogP contribution in [0, 0.1) is 6.92 Å². The molecule has 0 saturated heterocycles. The molecule has 0 amide bonds. The van der Waals surface area contributed by atoms with Gasteiger partial charge in [-0.05, 0) is 30.2 Å². The van der Waals surface area contributed by atoms with E-state index in [1.807, 2.05) is 53.9 Å². The van der Waals surface area contributed by atoms with Gasteiger partial charge < -0.3 is 5.73 Å². The van der Waals surface area contributed by atoms with Crippen molar-refractivity contribution in [2.24, 2.45) is 5.73 Å². The van der Waals surface area contributed by atoms with E-state index in [0.29, 0.717) is 6.54 Å². The number of aryl methyl sites for hydroxylation is 1. The molecule has 0 fully saturated rings. The van der Waals surface area contributed by atoms with E-state index in [1.54, 1.807) is 0 Å². The quantitative estimate of drug-likeness (QED) is 0.744. The third-order valence-corrected chi connectivity index (χ3v) is 3.01. The highest BCUT2D eigenvalue weighted by Gasteiger charge is 2.07. The van der Waals surface area contributed by atoms with E-state index >= 15 is 0 Å². The molecule has 4 nitrogen and oxygen atoms in total.